The Kier molecular flexibility index (Phi) is 8.84. The Morgan fingerprint density at radius 2 is 1.57 bits per heavy atom. The van der Waals surface area contributed by atoms with E-state index < -0.39 is 11.9 Å². The van der Waals surface area contributed by atoms with Crippen LogP contribution in [0.4, 0.5) is 11.4 Å². The van der Waals surface area contributed by atoms with Crippen LogP contribution in [0.1, 0.15) is 70.1 Å². The van der Waals surface area contributed by atoms with Crippen molar-refractivity contribution < 1.29 is 29.0 Å². The third-order valence-corrected chi connectivity index (χ3v) is 13.0. The lowest BCUT2D eigenvalue weighted by atomic mass is 9.76. The number of amides is 3. The average Bonchev–Trinajstić information content (AvgIpc) is 3.54. The van der Waals surface area contributed by atoms with Crippen LogP contribution in [-0.2, 0) is 16.1 Å². The lowest BCUT2D eigenvalue weighted by Gasteiger charge is -2.47. The number of aromatic hydroxyl groups is 1. The number of phenols is 1. The maximum Gasteiger partial charge on any atom is 0.255 e. The number of fused-ring (bicyclic) bond motifs is 5. The fourth-order valence-electron chi connectivity index (χ4n) is 10.1. The van der Waals surface area contributed by atoms with Gasteiger partial charge in [0.05, 0.1) is 18.3 Å². The van der Waals surface area contributed by atoms with Gasteiger partial charge in [-0.2, -0.15) is 0 Å². The van der Waals surface area contributed by atoms with Crippen molar-refractivity contribution in [3.63, 3.8) is 0 Å². The minimum Gasteiger partial charge on any atom is -0.508 e. The van der Waals surface area contributed by atoms with Gasteiger partial charge in [0, 0.05) is 87.0 Å². The molecule has 0 bridgehead atoms. The van der Waals surface area contributed by atoms with Gasteiger partial charge in [-0.3, -0.25) is 24.6 Å². The number of hydrogen-bond acceptors (Lipinski definition) is 9. The van der Waals surface area contributed by atoms with Crippen molar-refractivity contribution in [2.24, 2.45) is 5.92 Å². The molecule has 0 aromatic heterocycles. The van der Waals surface area contributed by atoms with Gasteiger partial charge in [0.25, 0.3) is 5.91 Å². The molecule has 0 aliphatic carbocycles. The van der Waals surface area contributed by atoms with Crippen LogP contribution in [0, 0.1) is 5.92 Å². The first-order valence-corrected chi connectivity index (χ1v) is 20.2. The molecule has 1 unspecified atom stereocenters. The molecule has 4 atom stereocenters. The molecule has 11 heteroatoms. The topological polar surface area (TPSA) is 115 Å². The summed E-state index contributed by atoms with van der Waals surface area (Å²) in [6, 6.07) is 28.8. The minimum absolute atomic E-state index is 0.130. The number of piperazine rings is 1. The second-order valence-electron chi connectivity index (χ2n) is 16.3. The van der Waals surface area contributed by atoms with E-state index in [1.165, 1.54) is 16.8 Å². The molecule has 6 aliphatic heterocycles. The van der Waals surface area contributed by atoms with Gasteiger partial charge in [-0.15, -0.1) is 0 Å². The Balaban J connectivity index is 0.757. The van der Waals surface area contributed by atoms with Crippen LogP contribution in [0.2, 0.25) is 0 Å². The number of anilines is 2. The first kappa shape index (κ1) is 34.9. The van der Waals surface area contributed by atoms with Crippen molar-refractivity contribution in [3.8, 4) is 17.2 Å². The Bertz CT molecular complexity index is 2170. The summed E-state index contributed by atoms with van der Waals surface area (Å²) in [5, 5.41) is 12.5. The Morgan fingerprint density at radius 3 is 2.38 bits per heavy atom. The van der Waals surface area contributed by atoms with Gasteiger partial charge >= 0.3 is 0 Å². The number of benzene rings is 4. The number of ether oxygens (including phenoxy) is 2. The van der Waals surface area contributed by atoms with Crippen molar-refractivity contribution in [2.45, 2.75) is 56.1 Å². The van der Waals surface area contributed by atoms with Crippen LogP contribution in [0.5, 0.6) is 17.2 Å². The maximum absolute atomic E-state index is 13.4. The van der Waals surface area contributed by atoms with Gasteiger partial charge in [-0.25, -0.2) is 0 Å². The molecule has 4 aromatic rings. The van der Waals surface area contributed by atoms with E-state index in [0.717, 1.165) is 80.4 Å². The zero-order valence-electron chi connectivity index (χ0n) is 31.4. The second-order valence-corrected chi connectivity index (χ2v) is 16.3. The van der Waals surface area contributed by atoms with Crippen LogP contribution in [0.15, 0.2) is 84.9 Å². The summed E-state index contributed by atoms with van der Waals surface area (Å²) in [6.07, 6.45) is 2.91. The van der Waals surface area contributed by atoms with Crippen LogP contribution in [0.25, 0.3) is 0 Å². The molecule has 10 rings (SSSR count). The number of imide groups is 1. The molecule has 11 nitrogen and oxygen atoms in total. The molecule has 6 heterocycles. The Morgan fingerprint density at radius 1 is 0.768 bits per heavy atom. The van der Waals surface area contributed by atoms with E-state index in [-0.39, 0.29) is 41.9 Å². The highest BCUT2D eigenvalue weighted by Crippen LogP contribution is 2.47. The molecular formula is C45H47N5O6. The van der Waals surface area contributed by atoms with E-state index in [2.05, 4.69) is 80.7 Å². The summed E-state index contributed by atoms with van der Waals surface area (Å²) >= 11 is 0. The lowest BCUT2D eigenvalue weighted by Crippen LogP contribution is -2.58. The zero-order valence-corrected chi connectivity index (χ0v) is 31.4. The highest BCUT2D eigenvalue weighted by Gasteiger charge is 2.42. The number of nitrogens with zero attached hydrogens (tertiary/aromatic N) is 4. The average molecular weight is 754 g/mol. The predicted octanol–water partition coefficient (Wildman–Crippen LogP) is 5.26. The summed E-state index contributed by atoms with van der Waals surface area (Å²) < 4.78 is 12.5. The molecule has 56 heavy (non-hydrogen) atoms. The number of hydrogen-bond donors (Lipinski definition) is 2. The Labute approximate surface area is 326 Å². The number of nitrogens with one attached hydrogen (secondary N) is 1. The second kappa shape index (κ2) is 14.2. The predicted molar refractivity (Wildman–Crippen MR) is 212 cm³/mol. The molecule has 0 saturated carbocycles. The lowest BCUT2D eigenvalue weighted by molar-refractivity contribution is -0.136. The number of piperidine rings is 2. The molecule has 288 valence electrons. The molecule has 0 radical (unpaired) electrons. The van der Waals surface area contributed by atoms with Gasteiger partial charge in [0.1, 0.15) is 29.9 Å². The highest BCUT2D eigenvalue weighted by atomic mass is 16.5. The third-order valence-electron chi connectivity index (χ3n) is 13.0. The fourth-order valence-corrected chi connectivity index (χ4v) is 10.1. The number of phenolic OH excluding ortho intramolecular Hbond substituents is 1. The van der Waals surface area contributed by atoms with Gasteiger partial charge < -0.3 is 29.3 Å². The first-order valence-electron chi connectivity index (χ1n) is 20.2. The molecule has 4 aromatic carbocycles. The standard InChI is InChI=1S/C45H47N5O6/c51-34-10-11-35-40(21-34)56-27-37(29-4-2-1-3-5-29)43(35)30-6-8-32(9-7-30)48-16-14-28(15-17-48)23-47-18-19-49-33(25-47)26-55-41-22-36-31(20-39(41)49)24-50(45(36)54)38-12-13-42(52)46-44(38)53/h1-11,20-22,28,33,37-38,43,51H,12-19,23-27H2,(H,46,52,53)/t33-,37-,38?,43-/m0/s1. The molecule has 3 amide bonds. The van der Waals surface area contributed by atoms with Gasteiger partial charge in [-0.05, 0) is 72.2 Å². The van der Waals surface area contributed by atoms with E-state index >= 15 is 0 Å². The van der Waals surface area contributed by atoms with Crippen LogP contribution in [-0.4, -0.2) is 97.2 Å². The normalized spacial score (nSPS) is 25.1. The van der Waals surface area contributed by atoms with Crippen LogP contribution >= 0.6 is 0 Å². The van der Waals surface area contributed by atoms with Crippen molar-refractivity contribution in [3.05, 3.63) is 113 Å². The van der Waals surface area contributed by atoms with E-state index in [0.29, 0.717) is 37.7 Å². The first-order chi connectivity index (χ1) is 27.4. The van der Waals surface area contributed by atoms with Crippen molar-refractivity contribution in [1.82, 2.24) is 15.1 Å². The van der Waals surface area contributed by atoms with E-state index in [9.17, 15) is 19.5 Å². The van der Waals surface area contributed by atoms with E-state index in [4.69, 9.17) is 9.47 Å². The summed E-state index contributed by atoms with van der Waals surface area (Å²) in [6.45, 7) is 7.50. The molecular weight excluding hydrogens is 707 g/mol. The van der Waals surface area contributed by atoms with Crippen molar-refractivity contribution >= 4 is 29.1 Å². The van der Waals surface area contributed by atoms with E-state index in [1.54, 1.807) is 17.0 Å². The highest BCUT2D eigenvalue weighted by molar-refractivity contribution is 6.06. The number of carbonyl (C=O) groups is 3. The SMILES string of the molecule is O=C1CCC(N2Cc3cc4c(cc3C2=O)OC[C@@H]2CN(CC3CCN(c5ccc([C@H]6c7ccc(O)cc7OC[C@H]6c6ccccc6)cc5)CC3)CCN42)C(=O)N1. The maximum atomic E-state index is 13.4. The van der Waals surface area contributed by atoms with E-state index in [1.807, 2.05) is 12.1 Å². The molecule has 3 fully saturated rings. The smallest absolute Gasteiger partial charge is 0.255 e. The minimum atomic E-state index is -0.624. The quantitative estimate of drug-likeness (QED) is 0.255. The molecule has 2 N–H and O–H groups in total. The molecule has 6 aliphatic rings. The Hall–Kier alpha value is -5.55. The summed E-state index contributed by atoms with van der Waals surface area (Å²) in [7, 11) is 0. The van der Waals surface area contributed by atoms with Gasteiger partial charge in [0.15, 0.2) is 0 Å². The van der Waals surface area contributed by atoms with Crippen molar-refractivity contribution in [1.29, 1.82) is 0 Å². The number of rotatable bonds is 6. The summed E-state index contributed by atoms with van der Waals surface area (Å²) in [5.41, 5.74) is 7.43. The van der Waals surface area contributed by atoms with Crippen molar-refractivity contribution in [2.75, 3.05) is 62.3 Å². The van der Waals surface area contributed by atoms with Crippen LogP contribution < -0.4 is 24.6 Å². The summed E-state index contributed by atoms with van der Waals surface area (Å²) in [4.78, 5) is 46.8. The third kappa shape index (κ3) is 6.31. The summed E-state index contributed by atoms with van der Waals surface area (Å²) in [5.74, 6) is 1.83. The van der Waals surface area contributed by atoms with Gasteiger partial charge in [-0.1, -0.05) is 48.5 Å². The van der Waals surface area contributed by atoms with Gasteiger partial charge in [0.2, 0.25) is 11.8 Å². The molecule has 3 saturated heterocycles. The molecule has 0 spiro atoms. The zero-order chi connectivity index (χ0) is 37.9. The largest absolute Gasteiger partial charge is 0.508 e. The monoisotopic (exact) mass is 753 g/mol. The van der Waals surface area contributed by atoms with Crippen LogP contribution in [0.3, 0.4) is 0 Å². The fraction of sp³-hybridized carbons (Fsp3) is 0.400. The number of carbonyl (C=O) groups excluding carboxylic acids is 3.